The molecule has 0 amide bonds. The van der Waals surface area contributed by atoms with E-state index in [0.717, 1.165) is 18.1 Å². The maximum absolute atomic E-state index is 13.6. The Morgan fingerprint density at radius 3 is 2.35 bits per heavy atom. The summed E-state index contributed by atoms with van der Waals surface area (Å²) < 4.78 is 26.5. The van der Waals surface area contributed by atoms with E-state index in [0.29, 0.717) is 5.56 Å². The summed E-state index contributed by atoms with van der Waals surface area (Å²) in [4.78, 5) is 0. The molecule has 0 spiro atoms. The van der Waals surface area contributed by atoms with Crippen molar-refractivity contribution in [2.75, 3.05) is 0 Å². The van der Waals surface area contributed by atoms with Gasteiger partial charge in [0.15, 0.2) is 0 Å². The molecule has 0 fully saturated rings. The van der Waals surface area contributed by atoms with E-state index in [1.807, 2.05) is 37.3 Å². The van der Waals surface area contributed by atoms with Crippen molar-refractivity contribution < 1.29 is 13.9 Å². The van der Waals surface area contributed by atoms with E-state index in [2.05, 4.69) is 0 Å². The second kappa shape index (κ2) is 6.62. The highest BCUT2D eigenvalue weighted by Gasteiger charge is 2.21. The summed E-state index contributed by atoms with van der Waals surface area (Å²) >= 11 is 0. The monoisotopic (exact) mass is 276 g/mol. The van der Waals surface area contributed by atoms with Gasteiger partial charge in [-0.05, 0) is 23.6 Å². The minimum atomic E-state index is -0.692. The molecule has 0 bridgehead atoms. The minimum absolute atomic E-state index is 0.0550. The Kier molecular flexibility index (Phi) is 4.85. The molecule has 0 aromatic heterocycles. The van der Waals surface area contributed by atoms with Gasteiger partial charge < -0.3 is 5.11 Å². The highest BCUT2D eigenvalue weighted by Crippen LogP contribution is 2.26. The SMILES string of the molecule is CCC(c1ccccc1)C(O)Cc1ccc(F)cc1F. The number of halogens is 2. The predicted octanol–water partition coefficient (Wildman–Crippen LogP) is 4.06. The molecule has 0 radical (unpaired) electrons. The van der Waals surface area contributed by atoms with E-state index in [1.54, 1.807) is 0 Å². The van der Waals surface area contributed by atoms with Gasteiger partial charge in [0.25, 0.3) is 0 Å². The third kappa shape index (κ3) is 3.42. The van der Waals surface area contributed by atoms with Gasteiger partial charge in [-0.3, -0.25) is 0 Å². The van der Waals surface area contributed by atoms with Crippen LogP contribution in [0.25, 0.3) is 0 Å². The first kappa shape index (κ1) is 14.7. The van der Waals surface area contributed by atoms with Crippen molar-refractivity contribution in [2.24, 2.45) is 0 Å². The van der Waals surface area contributed by atoms with Crippen LogP contribution in [0.4, 0.5) is 8.78 Å². The lowest BCUT2D eigenvalue weighted by atomic mass is 9.87. The number of hydrogen-bond donors (Lipinski definition) is 1. The first-order chi connectivity index (χ1) is 9.61. The van der Waals surface area contributed by atoms with E-state index in [-0.39, 0.29) is 12.3 Å². The first-order valence-corrected chi connectivity index (χ1v) is 6.78. The molecule has 2 unspecified atom stereocenters. The summed E-state index contributed by atoms with van der Waals surface area (Å²) in [6.07, 6.45) is 0.246. The Balaban J connectivity index is 2.15. The Hall–Kier alpha value is -1.74. The van der Waals surface area contributed by atoms with Gasteiger partial charge in [0.05, 0.1) is 6.10 Å². The highest BCUT2D eigenvalue weighted by molar-refractivity contribution is 5.24. The van der Waals surface area contributed by atoms with E-state index < -0.39 is 17.7 Å². The van der Waals surface area contributed by atoms with Gasteiger partial charge in [-0.1, -0.05) is 43.3 Å². The average Bonchev–Trinajstić information content (AvgIpc) is 2.44. The van der Waals surface area contributed by atoms with Crippen LogP contribution in [0.1, 0.15) is 30.4 Å². The molecule has 0 aliphatic heterocycles. The number of rotatable bonds is 5. The van der Waals surface area contributed by atoms with Crippen LogP contribution in [0.2, 0.25) is 0 Å². The second-order valence-electron chi connectivity index (χ2n) is 4.93. The fourth-order valence-electron chi connectivity index (χ4n) is 2.48. The highest BCUT2D eigenvalue weighted by atomic mass is 19.1. The topological polar surface area (TPSA) is 20.2 Å². The van der Waals surface area contributed by atoms with Crippen molar-refractivity contribution >= 4 is 0 Å². The number of aliphatic hydroxyl groups excluding tert-OH is 1. The maximum Gasteiger partial charge on any atom is 0.129 e. The Bertz CT molecular complexity index is 554. The van der Waals surface area contributed by atoms with Gasteiger partial charge in [0, 0.05) is 18.4 Å². The van der Waals surface area contributed by atoms with Crippen molar-refractivity contribution in [1.29, 1.82) is 0 Å². The third-order valence-corrected chi connectivity index (χ3v) is 3.58. The molecule has 20 heavy (non-hydrogen) atoms. The number of hydrogen-bond acceptors (Lipinski definition) is 1. The van der Waals surface area contributed by atoms with Crippen molar-refractivity contribution in [1.82, 2.24) is 0 Å². The van der Waals surface area contributed by atoms with Crippen LogP contribution < -0.4 is 0 Å². The van der Waals surface area contributed by atoms with Crippen molar-refractivity contribution in [3.8, 4) is 0 Å². The lowest BCUT2D eigenvalue weighted by Crippen LogP contribution is -2.21. The normalized spacial score (nSPS) is 14.0. The van der Waals surface area contributed by atoms with Crippen LogP contribution in [0.3, 0.4) is 0 Å². The number of benzene rings is 2. The second-order valence-corrected chi connectivity index (χ2v) is 4.93. The molecular formula is C17H18F2O. The summed E-state index contributed by atoms with van der Waals surface area (Å²) in [5, 5.41) is 10.3. The van der Waals surface area contributed by atoms with Gasteiger partial charge in [0.2, 0.25) is 0 Å². The van der Waals surface area contributed by atoms with Crippen molar-refractivity contribution in [3.63, 3.8) is 0 Å². The molecule has 0 saturated carbocycles. The van der Waals surface area contributed by atoms with Crippen LogP contribution in [0.5, 0.6) is 0 Å². The van der Waals surface area contributed by atoms with Crippen LogP contribution >= 0.6 is 0 Å². The predicted molar refractivity (Wildman–Crippen MR) is 75.5 cm³/mol. The third-order valence-electron chi connectivity index (χ3n) is 3.58. The molecule has 2 aromatic rings. The van der Waals surface area contributed by atoms with Crippen LogP contribution in [-0.4, -0.2) is 11.2 Å². The number of aliphatic hydroxyl groups is 1. The molecule has 0 saturated heterocycles. The van der Waals surface area contributed by atoms with Gasteiger partial charge in [-0.15, -0.1) is 0 Å². The van der Waals surface area contributed by atoms with Crippen molar-refractivity contribution in [3.05, 3.63) is 71.3 Å². The van der Waals surface area contributed by atoms with Gasteiger partial charge in [0.1, 0.15) is 11.6 Å². The van der Waals surface area contributed by atoms with Gasteiger partial charge in [-0.25, -0.2) is 8.78 Å². The van der Waals surface area contributed by atoms with Crippen LogP contribution in [0.15, 0.2) is 48.5 Å². The van der Waals surface area contributed by atoms with Crippen molar-refractivity contribution in [2.45, 2.75) is 31.8 Å². The molecule has 1 N–H and O–H groups in total. The molecule has 3 heteroatoms. The smallest absolute Gasteiger partial charge is 0.129 e. The zero-order chi connectivity index (χ0) is 14.5. The average molecular weight is 276 g/mol. The summed E-state index contributed by atoms with van der Waals surface area (Å²) in [6, 6.07) is 13.1. The lowest BCUT2D eigenvalue weighted by Gasteiger charge is -2.22. The molecule has 0 aliphatic carbocycles. The van der Waals surface area contributed by atoms with Gasteiger partial charge >= 0.3 is 0 Å². The molecule has 2 aromatic carbocycles. The fourth-order valence-corrected chi connectivity index (χ4v) is 2.48. The zero-order valence-electron chi connectivity index (χ0n) is 11.4. The van der Waals surface area contributed by atoms with E-state index in [4.69, 9.17) is 0 Å². The largest absolute Gasteiger partial charge is 0.392 e. The Labute approximate surface area is 117 Å². The quantitative estimate of drug-likeness (QED) is 0.873. The standard InChI is InChI=1S/C17H18F2O/c1-2-15(12-6-4-3-5-7-12)17(20)10-13-8-9-14(18)11-16(13)19/h3-9,11,15,17,20H,2,10H2,1H3. The van der Waals surface area contributed by atoms with Crippen LogP contribution in [-0.2, 0) is 6.42 Å². The molecule has 2 atom stereocenters. The van der Waals surface area contributed by atoms with E-state index >= 15 is 0 Å². The minimum Gasteiger partial charge on any atom is -0.392 e. The summed E-state index contributed by atoms with van der Waals surface area (Å²) in [5.74, 6) is -1.26. The van der Waals surface area contributed by atoms with Crippen LogP contribution in [0, 0.1) is 11.6 Å². The van der Waals surface area contributed by atoms with Gasteiger partial charge in [-0.2, -0.15) is 0 Å². The molecule has 2 rings (SSSR count). The molecule has 1 nitrogen and oxygen atoms in total. The fraction of sp³-hybridized carbons (Fsp3) is 0.294. The lowest BCUT2D eigenvalue weighted by molar-refractivity contribution is 0.139. The molecule has 0 aliphatic rings. The molecule has 106 valence electrons. The zero-order valence-corrected chi connectivity index (χ0v) is 11.4. The Morgan fingerprint density at radius 2 is 1.75 bits per heavy atom. The van der Waals surface area contributed by atoms with E-state index in [9.17, 15) is 13.9 Å². The molecular weight excluding hydrogens is 258 g/mol. The summed E-state index contributed by atoms with van der Waals surface area (Å²) in [6.45, 7) is 1.99. The summed E-state index contributed by atoms with van der Waals surface area (Å²) in [7, 11) is 0. The maximum atomic E-state index is 13.6. The first-order valence-electron chi connectivity index (χ1n) is 6.78. The Morgan fingerprint density at radius 1 is 1.05 bits per heavy atom. The van der Waals surface area contributed by atoms with E-state index in [1.165, 1.54) is 12.1 Å². The molecule has 0 heterocycles. The summed E-state index contributed by atoms with van der Waals surface area (Å²) in [5.41, 5.74) is 1.37.